The van der Waals surface area contributed by atoms with E-state index in [1.54, 1.807) is 0 Å². The molecular weight excluding hydrogens is 271 g/mol. The minimum Gasteiger partial charge on any atom is -0.339 e. The van der Waals surface area contributed by atoms with Gasteiger partial charge in [-0.2, -0.15) is 4.98 Å². The molecule has 106 valence electrons. The van der Waals surface area contributed by atoms with Crippen LogP contribution in [0.1, 0.15) is 24.7 Å². The van der Waals surface area contributed by atoms with Gasteiger partial charge >= 0.3 is 0 Å². The van der Waals surface area contributed by atoms with Gasteiger partial charge in [0.2, 0.25) is 11.7 Å². The Balaban J connectivity index is 1.89. The minimum absolute atomic E-state index is 0.0557. The first kappa shape index (κ1) is 13.1. The van der Waals surface area contributed by atoms with Crippen LogP contribution < -0.4 is 5.32 Å². The van der Waals surface area contributed by atoms with Crippen LogP contribution >= 0.6 is 0 Å². The van der Waals surface area contributed by atoms with E-state index >= 15 is 0 Å². The predicted molar refractivity (Wildman–Crippen MR) is 64.5 cm³/mol. The maximum atomic E-state index is 13.2. The lowest BCUT2D eigenvalue weighted by atomic mass is 10.00. The maximum absolute atomic E-state index is 13.2. The van der Waals surface area contributed by atoms with Crippen molar-refractivity contribution < 1.29 is 17.7 Å². The largest absolute Gasteiger partial charge is 0.339 e. The van der Waals surface area contributed by atoms with E-state index in [0.717, 1.165) is 38.1 Å². The molecule has 1 aromatic carbocycles. The SMILES string of the molecule is Fc1cc(-c2noc([C@@H]3CCCNC3)n2)cc(F)c1F. The molecule has 0 saturated carbocycles. The molecule has 1 fully saturated rings. The van der Waals surface area contributed by atoms with Crippen molar-refractivity contribution in [3.8, 4) is 11.4 Å². The topological polar surface area (TPSA) is 51.0 Å². The molecule has 0 unspecified atom stereocenters. The van der Waals surface area contributed by atoms with Crippen molar-refractivity contribution in [2.75, 3.05) is 13.1 Å². The molecule has 0 radical (unpaired) electrons. The van der Waals surface area contributed by atoms with Crippen LogP contribution in [0, 0.1) is 17.5 Å². The van der Waals surface area contributed by atoms with Crippen LogP contribution in [0.2, 0.25) is 0 Å². The third-order valence-electron chi connectivity index (χ3n) is 3.33. The Morgan fingerprint density at radius 2 is 1.95 bits per heavy atom. The average Bonchev–Trinajstić information content (AvgIpc) is 2.95. The zero-order chi connectivity index (χ0) is 14.1. The van der Waals surface area contributed by atoms with E-state index in [1.165, 1.54) is 0 Å². The summed E-state index contributed by atoms with van der Waals surface area (Å²) >= 11 is 0. The molecule has 1 aliphatic rings. The van der Waals surface area contributed by atoms with Crippen molar-refractivity contribution in [1.29, 1.82) is 0 Å². The summed E-state index contributed by atoms with van der Waals surface area (Å²) < 4.78 is 44.4. The number of nitrogens with zero attached hydrogens (tertiary/aromatic N) is 2. The van der Waals surface area contributed by atoms with Crippen LogP contribution in [0.15, 0.2) is 16.7 Å². The Kier molecular flexibility index (Phi) is 3.43. The quantitative estimate of drug-likeness (QED) is 0.861. The third kappa shape index (κ3) is 2.40. The maximum Gasteiger partial charge on any atom is 0.231 e. The number of nitrogens with one attached hydrogen (secondary N) is 1. The standard InChI is InChI=1S/C13H12F3N3O/c14-9-4-8(5-10(15)11(9)16)12-18-13(20-19-12)7-2-1-3-17-6-7/h4-5,7,17H,1-3,6H2/t7-/m1/s1. The molecule has 20 heavy (non-hydrogen) atoms. The highest BCUT2D eigenvalue weighted by molar-refractivity contribution is 5.54. The van der Waals surface area contributed by atoms with E-state index in [2.05, 4.69) is 15.5 Å². The normalized spacial score (nSPS) is 19.2. The molecular formula is C13H12F3N3O. The van der Waals surface area contributed by atoms with E-state index < -0.39 is 17.5 Å². The molecule has 7 heteroatoms. The van der Waals surface area contributed by atoms with E-state index in [1.807, 2.05) is 0 Å². The van der Waals surface area contributed by atoms with Gasteiger partial charge in [0, 0.05) is 12.1 Å². The molecule has 2 heterocycles. The average molecular weight is 283 g/mol. The fourth-order valence-corrected chi connectivity index (χ4v) is 2.27. The highest BCUT2D eigenvalue weighted by atomic mass is 19.2. The smallest absolute Gasteiger partial charge is 0.231 e. The van der Waals surface area contributed by atoms with Crippen LogP contribution in [-0.2, 0) is 0 Å². The Labute approximate surface area is 113 Å². The van der Waals surface area contributed by atoms with Crippen molar-refractivity contribution in [1.82, 2.24) is 15.5 Å². The molecule has 1 aromatic heterocycles. The second kappa shape index (κ2) is 5.24. The van der Waals surface area contributed by atoms with Crippen molar-refractivity contribution in [2.45, 2.75) is 18.8 Å². The van der Waals surface area contributed by atoms with Gasteiger partial charge in [0.1, 0.15) is 0 Å². The number of halogens is 3. The molecule has 0 aliphatic carbocycles. The van der Waals surface area contributed by atoms with Crippen molar-refractivity contribution in [3.63, 3.8) is 0 Å². The molecule has 0 spiro atoms. The molecule has 1 atom stereocenters. The number of piperidine rings is 1. The number of aromatic nitrogens is 2. The summed E-state index contributed by atoms with van der Waals surface area (Å²) in [6.45, 7) is 1.68. The van der Waals surface area contributed by atoms with Crippen LogP contribution in [0.3, 0.4) is 0 Å². The molecule has 4 nitrogen and oxygen atoms in total. The highest BCUT2D eigenvalue weighted by Crippen LogP contribution is 2.26. The fraction of sp³-hybridized carbons (Fsp3) is 0.385. The van der Waals surface area contributed by atoms with Crippen LogP contribution in [0.5, 0.6) is 0 Å². The second-order valence-electron chi connectivity index (χ2n) is 4.75. The van der Waals surface area contributed by atoms with Crippen molar-refractivity contribution in [2.24, 2.45) is 0 Å². The number of benzene rings is 1. The van der Waals surface area contributed by atoms with Crippen LogP contribution in [0.25, 0.3) is 11.4 Å². The Morgan fingerprint density at radius 1 is 1.20 bits per heavy atom. The van der Waals surface area contributed by atoms with Gasteiger partial charge in [0.15, 0.2) is 17.5 Å². The first-order chi connectivity index (χ1) is 9.65. The first-order valence-corrected chi connectivity index (χ1v) is 6.34. The first-order valence-electron chi connectivity index (χ1n) is 6.34. The Bertz CT molecular complexity index is 600. The summed E-state index contributed by atoms with van der Waals surface area (Å²) in [5.41, 5.74) is 0.0557. The molecule has 2 aromatic rings. The number of hydrogen-bond acceptors (Lipinski definition) is 4. The Morgan fingerprint density at radius 3 is 2.60 bits per heavy atom. The summed E-state index contributed by atoms with van der Waals surface area (Å²) in [6, 6.07) is 1.71. The lowest BCUT2D eigenvalue weighted by molar-refractivity contribution is 0.322. The molecule has 1 saturated heterocycles. The third-order valence-corrected chi connectivity index (χ3v) is 3.33. The van der Waals surface area contributed by atoms with Gasteiger partial charge in [-0.1, -0.05) is 5.16 Å². The van der Waals surface area contributed by atoms with Crippen molar-refractivity contribution in [3.05, 3.63) is 35.5 Å². The number of rotatable bonds is 2. The van der Waals surface area contributed by atoms with Gasteiger partial charge in [-0.05, 0) is 31.5 Å². The summed E-state index contributed by atoms with van der Waals surface area (Å²) in [4.78, 5) is 4.14. The van der Waals surface area contributed by atoms with E-state index in [4.69, 9.17) is 4.52 Å². The summed E-state index contributed by atoms with van der Waals surface area (Å²) in [5.74, 6) is -3.47. The van der Waals surface area contributed by atoms with Crippen LogP contribution in [0.4, 0.5) is 13.2 Å². The molecule has 3 rings (SSSR count). The molecule has 1 aliphatic heterocycles. The fourth-order valence-electron chi connectivity index (χ4n) is 2.27. The zero-order valence-corrected chi connectivity index (χ0v) is 10.5. The van der Waals surface area contributed by atoms with Gasteiger partial charge in [-0.25, -0.2) is 13.2 Å². The van der Waals surface area contributed by atoms with Gasteiger partial charge in [-0.15, -0.1) is 0 Å². The highest BCUT2D eigenvalue weighted by Gasteiger charge is 2.22. The van der Waals surface area contributed by atoms with Crippen LogP contribution in [-0.4, -0.2) is 23.2 Å². The number of hydrogen-bond donors (Lipinski definition) is 1. The molecule has 0 bridgehead atoms. The summed E-state index contributed by atoms with van der Waals surface area (Å²) in [5, 5.41) is 6.91. The summed E-state index contributed by atoms with van der Waals surface area (Å²) in [6.07, 6.45) is 1.92. The van der Waals surface area contributed by atoms with Gasteiger partial charge in [-0.3, -0.25) is 0 Å². The molecule has 1 N–H and O–H groups in total. The second-order valence-corrected chi connectivity index (χ2v) is 4.75. The predicted octanol–water partition coefficient (Wildman–Crippen LogP) is 2.62. The van der Waals surface area contributed by atoms with Gasteiger partial charge in [0.05, 0.1) is 5.92 Å². The van der Waals surface area contributed by atoms with E-state index in [0.29, 0.717) is 5.89 Å². The lowest BCUT2D eigenvalue weighted by Gasteiger charge is -2.18. The van der Waals surface area contributed by atoms with Gasteiger partial charge in [0.25, 0.3) is 0 Å². The molecule has 0 amide bonds. The zero-order valence-electron chi connectivity index (χ0n) is 10.5. The van der Waals surface area contributed by atoms with E-state index in [9.17, 15) is 13.2 Å². The van der Waals surface area contributed by atoms with E-state index in [-0.39, 0.29) is 17.3 Å². The van der Waals surface area contributed by atoms with Gasteiger partial charge < -0.3 is 9.84 Å². The minimum atomic E-state index is -1.51. The monoisotopic (exact) mass is 283 g/mol. The Hall–Kier alpha value is -1.89. The summed E-state index contributed by atoms with van der Waals surface area (Å²) in [7, 11) is 0. The lowest BCUT2D eigenvalue weighted by Crippen LogP contribution is -2.28. The van der Waals surface area contributed by atoms with Crippen molar-refractivity contribution >= 4 is 0 Å².